The van der Waals surface area contributed by atoms with Crippen molar-refractivity contribution in [2.75, 3.05) is 26.8 Å². The van der Waals surface area contributed by atoms with Crippen LogP contribution in [0.3, 0.4) is 0 Å². The molecule has 1 rings (SSSR count). The lowest BCUT2D eigenvalue weighted by molar-refractivity contribution is -0.122. The van der Waals surface area contributed by atoms with Gasteiger partial charge in [0.05, 0.1) is 0 Å². The molecule has 1 atom stereocenters. The van der Waals surface area contributed by atoms with Crippen molar-refractivity contribution in [3.05, 3.63) is 0 Å². The zero-order valence-electron chi connectivity index (χ0n) is 12.5. The summed E-state index contributed by atoms with van der Waals surface area (Å²) < 4.78 is 5.03. The summed E-state index contributed by atoms with van der Waals surface area (Å²) in [6.07, 6.45) is 8.59. The quantitative estimate of drug-likeness (QED) is 0.524. The summed E-state index contributed by atoms with van der Waals surface area (Å²) in [6, 6.07) is 0.659. The molecule has 1 fully saturated rings. The minimum absolute atomic E-state index is 0.132. The smallest absolute Gasteiger partial charge is 0.220 e. The van der Waals surface area contributed by atoms with Gasteiger partial charge in [-0.3, -0.25) is 4.79 Å². The Balaban J connectivity index is 2.01. The van der Waals surface area contributed by atoms with Crippen molar-refractivity contribution in [2.45, 2.75) is 57.9 Å². The van der Waals surface area contributed by atoms with Crippen LogP contribution in [0.4, 0.5) is 0 Å². The molecule has 0 aromatic carbocycles. The molecule has 1 aliphatic carbocycles. The first-order chi connectivity index (χ1) is 9.22. The Bertz CT molecular complexity index is 238. The number of rotatable bonds is 8. The average Bonchev–Trinajstić information content (AvgIpc) is 2.63. The van der Waals surface area contributed by atoms with Crippen LogP contribution in [0.25, 0.3) is 0 Å². The highest BCUT2D eigenvalue weighted by Crippen LogP contribution is 2.16. The summed E-state index contributed by atoms with van der Waals surface area (Å²) in [5.41, 5.74) is 0. The van der Waals surface area contributed by atoms with Gasteiger partial charge < -0.3 is 15.4 Å². The third-order valence-electron chi connectivity index (χ3n) is 3.72. The minimum atomic E-state index is 0.132. The SMILES string of the molecule is COCC(C)CC(=O)NCCNC1CCCCCC1. The molecule has 1 unspecified atom stereocenters. The Morgan fingerprint density at radius 3 is 2.53 bits per heavy atom. The largest absolute Gasteiger partial charge is 0.384 e. The van der Waals surface area contributed by atoms with Crippen LogP contribution in [0.1, 0.15) is 51.9 Å². The molecule has 0 aromatic heterocycles. The molecule has 0 aliphatic heterocycles. The molecule has 2 N–H and O–H groups in total. The Hall–Kier alpha value is -0.610. The van der Waals surface area contributed by atoms with E-state index in [9.17, 15) is 4.79 Å². The molecule has 0 aromatic rings. The fourth-order valence-electron chi connectivity index (χ4n) is 2.69. The van der Waals surface area contributed by atoms with Gasteiger partial charge in [-0.15, -0.1) is 0 Å². The van der Waals surface area contributed by atoms with Crippen LogP contribution >= 0.6 is 0 Å². The second-order valence-electron chi connectivity index (χ2n) is 5.76. The van der Waals surface area contributed by atoms with Crippen LogP contribution in [0.2, 0.25) is 0 Å². The van der Waals surface area contributed by atoms with Gasteiger partial charge in [-0.2, -0.15) is 0 Å². The van der Waals surface area contributed by atoms with Gasteiger partial charge in [0.25, 0.3) is 0 Å². The maximum Gasteiger partial charge on any atom is 0.220 e. The minimum Gasteiger partial charge on any atom is -0.384 e. The predicted octanol–water partition coefficient (Wildman–Crippen LogP) is 2.09. The number of ether oxygens (including phenoxy) is 1. The molecular formula is C15H30N2O2. The van der Waals surface area contributed by atoms with Crippen molar-refractivity contribution < 1.29 is 9.53 Å². The number of nitrogens with one attached hydrogen (secondary N) is 2. The van der Waals surface area contributed by atoms with E-state index in [0.717, 1.165) is 13.1 Å². The molecule has 4 nitrogen and oxygen atoms in total. The van der Waals surface area contributed by atoms with E-state index in [1.54, 1.807) is 7.11 Å². The molecule has 1 saturated carbocycles. The molecule has 19 heavy (non-hydrogen) atoms. The van der Waals surface area contributed by atoms with Crippen molar-refractivity contribution in [2.24, 2.45) is 5.92 Å². The summed E-state index contributed by atoms with van der Waals surface area (Å²) in [4.78, 5) is 11.6. The molecular weight excluding hydrogens is 240 g/mol. The molecule has 0 spiro atoms. The van der Waals surface area contributed by atoms with Crippen LogP contribution in [0.15, 0.2) is 0 Å². The van der Waals surface area contributed by atoms with Gasteiger partial charge in [-0.1, -0.05) is 32.6 Å². The Labute approximate surface area is 117 Å². The summed E-state index contributed by atoms with van der Waals surface area (Å²) in [6.45, 7) is 4.30. The third kappa shape index (κ3) is 8.22. The van der Waals surface area contributed by atoms with Crippen molar-refractivity contribution in [1.29, 1.82) is 0 Å². The average molecular weight is 270 g/mol. The van der Waals surface area contributed by atoms with Gasteiger partial charge >= 0.3 is 0 Å². The Morgan fingerprint density at radius 2 is 1.89 bits per heavy atom. The molecule has 0 radical (unpaired) electrons. The molecule has 4 heteroatoms. The summed E-state index contributed by atoms with van der Waals surface area (Å²) in [7, 11) is 1.67. The van der Waals surface area contributed by atoms with Crippen LogP contribution in [0, 0.1) is 5.92 Å². The Kier molecular flexibility index (Phi) is 8.84. The fraction of sp³-hybridized carbons (Fsp3) is 0.933. The zero-order chi connectivity index (χ0) is 13.9. The van der Waals surface area contributed by atoms with Gasteiger partial charge in [-0.05, 0) is 18.8 Å². The highest BCUT2D eigenvalue weighted by Gasteiger charge is 2.11. The van der Waals surface area contributed by atoms with Gasteiger partial charge in [0, 0.05) is 39.3 Å². The number of carbonyl (C=O) groups is 1. The van der Waals surface area contributed by atoms with Crippen molar-refractivity contribution >= 4 is 5.91 Å². The second-order valence-corrected chi connectivity index (χ2v) is 5.76. The monoisotopic (exact) mass is 270 g/mol. The fourth-order valence-corrected chi connectivity index (χ4v) is 2.69. The first-order valence-corrected chi connectivity index (χ1v) is 7.71. The normalized spacial score (nSPS) is 18.8. The molecule has 1 aliphatic rings. The topological polar surface area (TPSA) is 50.4 Å². The highest BCUT2D eigenvalue weighted by molar-refractivity contribution is 5.76. The molecule has 0 saturated heterocycles. The number of carbonyl (C=O) groups excluding carboxylic acids is 1. The van der Waals surface area contributed by atoms with Gasteiger partial charge in [0.2, 0.25) is 5.91 Å². The van der Waals surface area contributed by atoms with Crippen LogP contribution in [0.5, 0.6) is 0 Å². The van der Waals surface area contributed by atoms with E-state index < -0.39 is 0 Å². The van der Waals surface area contributed by atoms with Gasteiger partial charge in [0.1, 0.15) is 0 Å². The van der Waals surface area contributed by atoms with E-state index in [-0.39, 0.29) is 5.91 Å². The summed E-state index contributed by atoms with van der Waals surface area (Å²) >= 11 is 0. The van der Waals surface area contributed by atoms with E-state index in [1.807, 2.05) is 6.92 Å². The molecule has 0 heterocycles. The van der Waals surface area contributed by atoms with E-state index in [4.69, 9.17) is 4.74 Å². The summed E-state index contributed by atoms with van der Waals surface area (Å²) in [5.74, 6) is 0.423. The number of hydrogen-bond acceptors (Lipinski definition) is 3. The zero-order valence-corrected chi connectivity index (χ0v) is 12.5. The molecule has 0 bridgehead atoms. The first-order valence-electron chi connectivity index (χ1n) is 7.71. The second kappa shape index (κ2) is 10.2. The molecule has 1 amide bonds. The van der Waals surface area contributed by atoms with Crippen molar-refractivity contribution in [3.8, 4) is 0 Å². The van der Waals surface area contributed by atoms with Crippen LogP contribution in [-0.2, 0) is 9.53 Å². The van der Waals surface area contributed by atoms with Crippen molar-refractivity contribution in [3.63, 3.8) is 0 Å². The predicted molar refractivity (Wildman–Crippen MR) is 78.2 cm³/mol. The van der Waals surface area contributed by atoms with Crippen LogP contribution in [-0.4, -0.2) is 38.8 Å². The maximum atomic E-state index is 11.6. The highest BCUT2D eigenvalue weighted by atomic mass is 16.5. The maximum absolute atomic E-state index is 11.6. The van der Waals surface area contributed by atoms with Crippen LogP contribution < -0.4 is 10.6 Å². The first kappa shape index (κ1) is 16.4. The van der Waals surface area contributed by atoms with Gasteiger partial charge in [0.15, 0.2) is 0 Å². The number of methoxy groups -OCH3 is 1. The third-order valence-corrected chi connectivity index (χ3v) is 3.72. The molecule has 112 valence electrons. The van der Waals surface area contributed by atoms with E-state index >= 15 is 0 Å². The van der Waals surface area contributed by atoms with E-state index in [1.165, 1.54) is 38.5 Å². The van der Waals surface area contributed by atoms with Gasteiger partial charge in [-0.25, -0.2) is 0 Å². The lowest BCUT2D eigenvalue weighted by Crippen LogP contribution is -2.37. The van der Waals surface area contributed by atoms with E-state index in [2.05, 4.69) is 10.6 Å². The van der Waals surface area contributed by atoms with E-state index in [0.29, 0.717) is 25.0 Å². The Morgan fingerprint density at radius 1 is 1.21 bits per heavy atom. The number of amides is 1. The summed E-state index contributed by atoms with van der Waals surface area (Å²) in [5, 5.41) is 6.53. The lowest BCUT2D eigenvalue weighted by Gasteiger charge is -2.16. The van der Waals surface area contributed by atoms with Crippen molar-refractivity contribution in [1.82, 2.24) is 10.6 Å². The lowest BCUT2D eigenvalue weighted by atomic mass is 10.1. The standard InChI is InChI=1S/C15H30N2O2/c1-13(12-19-2)11-15(18)17-10-9-16-14-7-5-3-4-6-8-14/h13-14,16H,3-12H2,1-2H3,(H,17,18). The number of hydrogen-bond donors (Lipinski definition) is 2.